The van der Waals surface area contributed by atoms with Gasteiger partial charge in [0.15, 0.2) is 0 Å². The summed E-state index contributed by atoms with van der Waals surface area (Å²) in [5, 5.41) is 0.659. The van der Waals surface area contributed by atoms with Gasteiger partial charge in [0.1, 0.15) is 12.4 Å². The first-order valence-corrected chi connectivity index (χ1v) is 9.43. The molecular formula is C21H24ClNO3. The van der Waals surface area contributed by atoms with E-state index in [2.05, 4.69) is 0 Å². The number of amides is 1. The fourth-order valence-corrected chi connectivity index (χ4v) is 3.40. The summed E-state index contributed by atoms with van der Waals surface area (Å²) in [6.45, 7) is 4.36. The van der Waals surface area contributed by atoms with Crippen molar-refractivity contribution >= 4 is 17.5 Å². The number of carbonyl (C=O) groups is 1. The van der Waals surface area contributed by atoms with Crippen molar-refractivity contribution < 1.29 is 14.3 Å². The van der Waals surface area contributed by atoms with E-state index in [4.69, 9.17) is 21.1 Å². The number of carbonyl (C=O) groups excluding carboxylic acids is 1. The normalized spacial score (nSPS) is 17.2. The van der Waals surface area contributed by atoms with Crippen molar-refractivity contribution in [2.45, 2.75) is 32.5 Å². The van der Waals surface area contributed by atoms with E-state index in [1.165, 1.54) is 0 Å². The van der Waals surface area contributed by atoms with Crippen LogP contribution in [0.25, 0.3) is 0 Å². The lowest BCUT2D eigenvalue weighted by molar-refractivity contribution is 0.00710. The van der Waals surface area contributed by atoms with Crippen molar-refractivity contribution in [3.05, 3.63) is 64.7 Å². The summed E-state index contributed by atoms with van der Waals surface area (Å²) in [6, 6.07) is 14.9. The average molecular weight is 374 g/mol. The van der Waals surface area contributed by atoms with Gasteiger partial charge < -0.3 is 14.4 Å². The molecule has 26 heavy (non-hydrogen) atoms. The van der Waals surface area contributed by atoms with Crippen molar-refractivity contribution in [1.82, 2.24) is 4.90 Å². The molecule has 138 valence electrons. The molecule has 4 nitrogen and oxygen atoms in total. The van der Waals surface area contributed by atoms with Crippen molar-refractivity contribution in [1.29, 1.82) is 0 Å². The Kier molecular flexibility index (Phi) is 6.53. The van der Waals surface area contributed by atoms with Crippen LogP contribution >= 0.6 is 11.6 Å². The first-order valence-electron chi connectivity index (χ1n) is 9.05. The number of hydrogen-bond acceptors (Lipinski definition) is 3. The number of hydrogen-bond donors (Lipinski definition) is 0. The molecule has 1 atom stereocenters. The molecule has 1 aliphatic rings. The molecule has 1 aliphatic heterocycles. The lowest BCUT2D eigenvalue weighted by Gasteiger charge is -2.32. The van der Waals surface area contributed by atoms with Crippen molar-refractivity contribution in [2.75, 3.05) is 19.7 Å². The Balaban J connectivity index is 1.72. The van der Waals surface area contributed by atoms with Gasteiger partial charge in [-0.15, -0.1) is 0 Å². The number of likely N-dealkylation sites (tertiary alicyclic amines) is 1. The molecule has 0 aliphatic carbocycles. The van der Waals surface area contributed by atoms with E-state index < -0.39 is 0 Å². The average Bonchev–Trinajstić information content (AvgIpc) is 2.67. The van der Waals surface area contributed by atoms with E-state index in [9.17, 15) is 4.79 Å². The highest BCUT2D eigenvalue weighted by Crippen LogP contribution is 2.25. The number of nitrogens with zero attached hydrogens (tertiary/aromatic N) is 1. The fraction of sp³-hybridized carbons (Fsp3) is 0.381. The number of rotatable bonds is 6. The molecule has 0 bridgehead atoms. The van der Waals surface area contributed by atoms with E-state index in [-0.39, 0.29) is 12.0 Å². The second kappa shape index (κ2) is 9.06. The molecule has 2 aromatic rings. The maximum atomic E-state index is 13.0. The van der Waals surface area contributed by atoms with Crippen LogP contribution in [-0.2, 0) is 11.3 Å². The standard InChI is InChI=1S/C21H24ClNO3/c1-2-25-17-9-7-13-23(14-17)21(24)18-10-4-6-12-20(18)26-15-16-8-3-5-11-19(16)22/h3-6,8,10-12,17H,2,7,9,13-15H2,1H3. The number of piperidine rings is 1. The molecule has 0 saturated carbocycles. The Morgan fingerprint density at radius 2 is 1.96 bits per heavy atom. The van der Waals surface area contributed by atoms with Crippen LogP contribution in [0.3, 0.4) is 0 Å². The molecule has 1 unspecified atom stereocenters. The third kappa shape index (κ3) is 4.57. The first-order chi connectivity index (χ1) is 12.7. The molecule has 0 spiro atoms. The molecule has 1 heterocycles. The van der Waals surface area contributed by atoms with Crippen LogP contribution in [0.1, 0.15) is 35.7 Å². The number of ether oxygens (including phenoxy) is 2. The van der Waals surface area contributed by atoms with Crippen LogP contribution in [0.4, 0.5) is 0 Å². The van der Waals surface area contributed by atoms with Gasteiger partial charge in [0.2, 0.25) is 0 Å². The van der Waals surface area contributed by atoms with Crippen LogP contribution in [0.5, 0.6) is 5.75 Å². The SMILES string of the molecule is CCOC1CCCN(C(=O)c2ccccc2OCc2ccccc2Cl)C1. The molecule has 0 aromatic heterocycles. The highest BCUT2D eigenvalue weighted by atomic mass is 35.5. The second-order valence-corrected chi connectivity index (χ2v) is 6.75. The van der Waals surface area contributed by atoms with E-state index in [0.29, 0.717) is 36.1 Å². The summed E-state index contributed by atoms with van der Waals surface area (Å²) in [6.07, 6.45) is 2.08. The highest BCUT2D eigenvalue weighted by molar-refractivity contribution is 6.31. The maximum Gasteiger partial charge on any atom is 0.257 e. The summed E-state index contributed by atoms with van der Waals surface area (Å²) in [7, 11) is 0. The van der Waals surface area contributed by atoms with E-state index in [1.807, 2.05) is 60.4 Å². The summed E-state index contributed by atoms with van der Waals surface area (Å²) in [5.74, 6) is 0.570. The predicted octanol–water partition coefficient (Wildman–Crippen LogP) is 4.56. The van der Waals surface area contributed by atoms with Gasteiger partial charge >= 0.3 is 0 Å². The summed E-state index contributed by atoms with van der Waals surface area (Å²) < 4.78 is 11.6. The quantitative estimate of drug-likeness (QED) is 0.745. The molecule has 0 N–H and O–H groups in total. The van der Waals surface area contributed by atoms with E-state index >= 15 is 0 Å². The third-order valence-corrected chi connectivity index (χ3v) is 4.89. The van der Waals surface area contributed by atoms with E-state index in [1.54, 1.807) is 0 Å². The molecule has 0 radical (unpaired) electrons. The summed E-state index contributed by atoms with van der Waals surface area (Å²) >= 11 is 6.19. The van der Waals surface area contributed by atoms with Crippen molar-refractivity contribution in [3.63, 3.8) is 0 Å². The third-order valence-electron chi connectivity index (χ3n) is 4.53. The Bertz CT molecular complexity index is 748. The van der Waals surface area contributed by atoms with Gasteiger partial charge in [-0.1, -0.05) is 41.9 Å². The largest absolute Gasteiger partial charge is 0.488 e. The van der Waals surface area contributed by atoms with Gasteiger partial charge in [-0.3, -0.25) is 4.79 Å². The molecule has 2 aromatic carbocycles. The van der Waals surface area contributed by atoms with Gasteiger partial charge in [0.25, 0.3) is 5.91 Å². The van der Waals surface area contributed by atoms with Crippen LogP contribution in [0, 0.1) is 0 Å². The van der Waals surface area contributed by atoms with Gasteiger partial charge in [0, 0.05) is 30.3 Å². The van der Waals surface area contributed by atoms with Gasteiger partial charge in [-0.05, 0) is 38.0 Å². The molecule has 3 rings (SSSR count). The number of halogens is 1. The van der Waals surface area contributed by atoms with Gasteiger partial charge in [0.05, 0.1) is 11.7 Å². The molecule has 1 fully saturated rings. The Labute approximate surface area is 159 Å². The van der Waals surface area contributed by atoms with Crippen LogP contribution in [0.15, 0.2) is 48.5 Å². The summed E-state index contributed by atoms with van der Waals surface area (Å²) in [4.78, 5) is 14.9. The first kappa shape index (κ1) is 18.7. The lowest BCUT2D eigenvalue weighted by atomic mass is 10.1. The second-order valence-electron chi connectivity index (χ2n) is 6.35. The molecule has 5 heteroatoms. The topological polar surface area (TPSA) is 38.8 Å². The van der Waals surface area contributed by atoms with Crippen molar-refractivity contribution in [2.24, 2.45) is 0 Å². The predicted molar refractivity (Wildman–Crippen MR) is 103 cm³/mol. The minimum Gasteiger partial charge on any atom is -0.488 e. The number of benzene rings is 2. The Hall–Kier alpha value is -2.04. The van der Waals surface area contributed by atoms with Gasteiger partial charge in [-0.2, -0.15) is 0 Å². The fourth-order valence-electron chi connectivity index (χ4n) is 3.20. The molecule has 1 saturated heterocycles. The highest BCUT2D eigenvalue weighted by Gasteiger charge is 2.26. The maximum absolute atomic E-state index is 13.0. The van der Waals surface area contributed by atoms with E-state index in [0.717, 1.165) is 24.9 Å². The minimum atomic E-state index is -0.0100. The number of para-hydroxylation sites is 1. The van der Waals surface area contributed by atoms with Crippen LogP contribution in [0.2, 0.25) is 5.02 Å². The zero-order valence-electron chi connectivity index (χ0n) is 15.0. The monoisotopic (exact) mass is 373 g/mol. The molecular weight excluding hydrogens is 350 g/mol. The smallest absolute Gasteiger partial charge is 0.257 e. The van der Waals surface area contributed by atoms with Crippen LogP contribution < -0.4 is 4.74 Å². The minimum absolute atomic E-state index is 0.0100. The summed E-state index contributed by atoms with van der Waals surface area (Å²) in [5.41, 5.74) is 1.47. The Morgan fingerprint density at radius 1 is 1.19 bits per heavy atom. The zero-order chi connectivity index (χ0) is 18.4. The van der Waals surface area contributed by atoms with Crippen molar-refractivity contribution in [3.8, 4) is 5.75 Å². The molecule has 1 amide bonds. The lowest BCUT2D eigenvalue weighted by Crippen LogP contribution is -2.43. The zero-order valence-corrected chi connectivity index (χ0v) is 15.7. The Morgan fingerprint density at radius 3 is 2.77 bits per heavy atom. The van der Waals surface area contributed by atoms with Gasteiger partial charge in [-0.25, -0.2) is 0 Å². The van der Waals surface area contributed by atoms with Crippen LogP contribution in [-0.4, -0.2) is 36.6 Å².